The molecule has 1 atom stereocenters. The Kier molecular flexibility index (Phi) is 9.93. The number of nitrogens with zero attached hydrogens (tertiary/aromatic N) is 2. The summed E-state index contributed by atoms with van der Waals surface area (Å²) in [6, 6.07) is 18.1. The van der Waals surface area contributed by atoms with Gasteiger partial charge in [-0.25, -0.2) is 0 Å². The molecule has 1 unspecified atom stereocenters. The second-order valence-corrected chi connectivity index (χ2v) is 7.11. The van der Waals surface area contributed by atoms with Crippen molar-refractivity contribution in [2.45, 2.75) is 26.2 Å². The number of guanidine groups is 1. The smallest absolute Gasteiger partial charge is 0.265 e. The Bertz CT molecular complexity index is 829. The lowest BCUT2D eigenvalue weighted by atomic mass is 10.0. The minimum absolute atomic E-state index is 0. The largest absolute Gasteiger partial charge is 0.482 e. The summed E-state index contributed by atoms with van der Waals surface area (Å²) in [6.07, 6.45) is 0.818. The first-order chi connectivity index (χ1) is 14.2. The second kappa shape index (κ2) is 12.4. The molecule has 0 fully saturated rings. The molecule has 0 saturated heterocycles. The van der Waals surface area contributed by atoms with Crippen LogP contribution in [-0.2, 0) is 4.79 Å². The summed E-state index contributed by atoms with van der Waals surface area (Å²) in [5, 5.41) is 6.67. The molecule has 2 N–H and O–H groups in total. The number of hydrogen-bond acceptors (Lipinski definition) is 3. The summed E-state index contributed by atoms with van der Waals surface area (Å²) in [5.74, 6) is 1.93. The van der Waals surface area contributed by atoms with E-state index in [4.69, 9.17) is 9.73 Å². The lowest BCUT2D eigenvalue weighted by Crippen LogP contribution is -2.42. The number of carbonyl (C=O) groups is 1. The van der Waals surface area contributed by atoms with Crippen molar-refractivity contribution >= 4 is 41.5 Å². The lowest BCUT2D eigenvalue weighted by molar-refractivity contribution is -0.121. The molecule has 162 valence electrons. The normalized spacial score (nSPS) is 14.3. The van der Waals surface area contributed by atoms with Crippen LogP contribution in [0.4, 0.5) is 5.69 Å². The number of amides is 1. The molecule has 6 nitrogen and oxygen atoms in total. The molecule has 2 aromatic carbocycles. The summed E-state index contributed by atoms with van der Waals surface area (Å²) in [7, 11) is 0. The van der Waals surface area contributed by atoms with Gasteiger partial charge in [0.15, 0.2) is 12.6 Å². The number of halogens is 1. The van der Waals surface area contributed by atoms with Crippen LogP contribution in [0.2, 0.25) is 0 Å². The fraction of sp³-hybridized carbons (Fsp3) is 0.391. The van der Waals surface area contributed by atoms with Crippen LogP contribution in [0.5, 0.6) is 5.75 Å². The van der Waals surface area contributed by atoms with Crippen LogP contribution in [0.1, 0.15) is 31.7 Å². The molecule has 0 saturated carbocycles. The predicted octanol–water partition coefficient (Wildman–Crippen LogP) is 3.78. The van der Waals surface area contributed by atoms with Crippen LogP contribution in [0, 0.1) is 0 Å². The Balaban J connectivity index is 0.00000320. The highest BCUT2D eigenvalue weighted by atomic mass is 127. The third-order valence-corrected chi connectivity index (χ3v) is 4.90. The van der Waals surface area contributed by atoms with Gasteiger partial charge in [-0.1, -0.05) is 49.4 Å². The zero-order valence-electron chi connectivity index (χ0n) is 17.6. The molecule has 0 aliphatic carbocycles. The van der Waals surface area contributed by atoms with E-state index in [0.717, 1.165) is 36.9 Å². The van der Waals surface area contributed by atoms with Gasteiger partial charge in [0, 0.05) is 32.1 Å². The third-order valence-electron chi connectivity index (χ3n) is 4.90. The van der Waals surface area contributed by atoms with Crippen LogP contribution in [0.3, 0.4) is 0 Å². The molecular weight excluding hydrogens is 491 g/mol. The number of aliphatic imine (C=N–C) groups is 1. The van der Waals surface area contributed by atoms with Crippen molar-refractivity contribution in [1.82, 2.24) is 10.6 Å². The van der Waals surface area contributed by atoms with Crippen molar-refractivity contribution in [3.63, 3.8) is 0 Å². The average Bonchev–Trinajstić information content (AvgIpc) is 2.76. The monoisotopic (exact) mass is 522 g/mol. The first kappa shape index (κ1) is 24.0. The quantitative estimate of drug-likeness (QED) is 0.240. The van der Waals surface area contributed by atoms with Gasteiger partial charge in [-0.2, -0.15) is 0 Å². The maximum atomic E-state index is 12.2. The SMILES string of the molecule is CCNC(=NCC(C)c1ccccc1)NCCCN1C(=O)COc2ccccc21.I. The van der Waals surface area contributed by atoms with Gasteiger partial charge in [-0.15, -0.1) is 24.0 Å². The van der Waals surface area contributed by atoms with E-state index in [1.807, 2.05) is 35.2 Å². The molecule has 0 radical (unpaired) electrons. The van der Waals surface area contributed by atoms with E-state index in [2.05, 4.69) is 48.7 Å². The van der Waals surface area contributed by atoms with Crippen LogP contribution in [0.15, 0.2) is 59.6 Å². The van der Waals surface area contributed by atoms with E-state index in [1.54, 1.807) is 0 Å². The fourth-order valence-electron chi connectivity index (χ4n) is 3.30. The number of nitrogens with one attached hydrogen (secondary N) is 2. The number of benzene rings is 2. The number of para-hydroxylation sites is 2. The number of rotatable bonds is 8. The van der Waals surface area contributed by atoms with Crippen molar-refractivity contribution in [1.29, 1.82) is 0 Å². The van der Waals surface area contributed by atoms with Gasteiger partial charge in [0.1, 0.15) is 5.75 Å². The zero-order chi connectivity index (χ0) is 20.5. The van der Waals surface area contributed by atoms with Gasteiger partial charge in [0.2, 0.25) is 0 Å². The molecule has 1 aliphatic heterocycles. The van der Waals surface area contributed by atoms with Gasteiger partial charge in [0.25, 0.3) is 5.91 Å². The van der Waals surface area contributed by atoms with Crippen molar-refractivity contribution < 1.29 is 9.53 Å². The Morgan fingerprint density at radius 1 is 1.13 bits per heavy atom. The molecule has 30 heavy (non-hydrogen) atoms. The van der Waals surface area contributed by atoms with E-state index in [-0.39, 0.29) is 36.5 Å². The van der Waals surface area contributed by atoms with Crippen LogP contribution in [-0.4, -0.2) is 44.7 Å². The number of ether oxygens (including phenoxy) is 1. The Labute approximate surface area is 196 Å². The van der Waals surface area contributed by atoms with E-state index in [0.29, 0.717) is 19.0 Å². The van der Waals surface area contributed by atoms with Gasteiger partial charge in [-0.3, -0.25) is 9.79 Å². The number of carbonyl (C=O) groups excluding carboxylic acids is 1. The van der Waals surface area contributed by atoms with Crippen molar-refractivity contribution in [2.75, 3.05) is 37.7 Å². The maximum Gasteiger partial charge on any atom is 0.265 e. The van der Waals surface area contributed by atoms with Crippen molar-refractivity contribution in [3.05, 3.63) is 60.2 Å². The third kappa shape index (κ3) is 6.62. The maximum absolute atomic E-state index is 12.2. The predicted molar refractivity (Wildman–Crippen MR) is 133 cm³/mol. The molecule has 1 amide bonds. The van der Waals surface area contributed by atoms with E-state index in [1.165, 1.54) is 5.56 Å². The summed E-state index contributed by atoms with van der Waals surface area (Å²) in [6.45, 7) is 7.25. The molecule has 7 heteroatoms. The molecule has 0 bridgehead atoms. The van der Waals surface area contributed by atoms with Crippen LogP contribution >= 0.6 is 24.0 Å². The molecule has 0 aromatic heterocycles. The summed E-state index contributed by atoms with van der Waals surface area (Å²) < 4.78 is 5.50. The Morgan fingerprint density at radius 3 is 2.63 bits per heavy atom. The molecule has 1 aliphatic rings. The highest BCUT2D eigenvalue weighted by molar-refractivity contribution is 14.0. The summed E-state index contributed by atoms with van der Waals surface area (Å²) >= 11 is 0. The van der Waals surface area contributed by atoms with E-state index in [9.17, 15) is 4.79 Å². The molecule has 3 rings (SSSR count). The highest BCUT2D eigenvalue weighted by Gasteiger charge is 2.24. The zero-order valence-corrected chi connectivity index (χ0v) is 20.0. The first-order valence-corrected chi connectivity index (χ1v) is 10.3. The van der Waals surface area contributed by atoms with Crippen LogP contribution < -0.4 is 20.3 Å². The van der Waals surface area contributed by atoms with E-state index >= 15 is 0 Å². The number of fused-ring (bicyclic) bond motifs is 1. The second-order valence-electron chi connectivity index (χ2n) is 7.11. The number of hydrogen-bond donors (Lipinski definition) is 2. The van der Waals surface area contributed by atoms with Crippen LogP contribution in [0.25, 0.3) is 0 Å². The molecule has 2 aromatic rings. The topological polar surface area (TPSA) is 66.0 Å². The minimum Gasteiger partial charge on any atom is -0.482 e. The van der Waals surface area contributed by atoms with Crippen molar-refractivity contribution in [3.8, 4) is 5.75 Å². The summed E-state index contributed by atoms with van der Waals surface area (Å²) in [4.78, 5) is 18.8. The van der Waals surface area contributed by atoms with Gasteiger partial charge < -0.3 is 20.3 Å². The Hall–Kier alpha value is -2.29. The van der Waals surface area contributed by atoms with Gasteiger partial charge >= 0.3 is 0 Å². The highest BCUT2D eigenvalue weighted by Crippen LogP contribution is 2.31. The van der Waals surface area contributed by atoms with Gasteiger partial charge in [0.05, 0.1) is 5.69 Å². The average molecular weight is 522 g/mol. The fourth-order valence-corrected chi connectivity index (χ4v) is 3.30. The molecular formula is C23H31IN4O2. The van der Waals surface area contributed by atoms with Crippen molar-refractivity contribution in [2.24, 2.45) is 4.99 Å². The standard InChI is InChI=1S/C23H30N4O2.HI/c1-3-24-23(26-16-18(2)19-10-5-4-6-11-19)25-14-9-15-27-20-12-7-8-13-21(20)29-17-22(27)28;/h4-8,10-13,18H,3,9,14-17H2,1-2H3,(H2,24,25,26);1H. The van der Waals surface area contributed by atoms with E-state index < -0.39 is 0 Å². The number of anilines is 1. The van der Waals surface area contributed by atoms with Gasteiger partial charge in [-0.05, 0) is 31.0 Å². The lowest BCUT2D eigenvalue weighted by Gasteiger charge is -2.29. The summed E-state index contributed by atoms with van der Waals surface area (Å²) in [5.41, 5.74) is 2.14. The molecule has 0 spiro atoms. The minimum atomic E-state index is 0. The molecule has 1 heterocycles. The first-order valence-electron chi connectivity index (χ1n) is 10.3. The Morgan fingerprint density at radius 2 is 1.87 bits per heavy atom.